The van der Waals surface area contributed by atoms with Crippen molar-refractivity contribution in [3.63, 3.8) is 0 Å². The van der Waals surface area contributed by atoms with Gasteiger partial charge in [0.15, 0.2) is 11.5 Å². The number of hydrogen-bond donors (Lipinski definition) is 0. The van der Waals surface area contributed by atoms with E-state index in [4.69, 9.17) is 16.6 Å². The van der Waals surface area contributed by atoms with Gasteiger partial charge in [-0.3, -0.25) is 9.08 Å². The third-order valence-corrected chi connectivity index (χ3v) is 5.50. The quantitative estimate of drug-likeness (QED) is 0.720. The van der Waals surface area contributed by atoms with Crippen molar-refractivity contribution in [3.8, 4) is 11.3 Å². The van der Waals surface area contributed by atoms with Crippen LogP contribution in [-0.4, -0.2) is 62.3 Å². The summed E-state index contributed by atoms with van der Waals surface area (Å²) < 4.78 is 3.99. The number of fused-ring (bicyclic) bond motifs is 1. The Labute approximate surface area is 150 Å². The van der Waals surface area contributed by atoms with E-state index in [9.17, 15) is 0 Å². The Balaban J connectivity index is 1.56. The molecular weight excluding hydrogens is 338 g/mol. The van der Waals surface area contributed by atoms with Crippen molar-refractivity contribution in [1.29, 1.82) is 0 Å². The second-order valence-electron chi connectivity index (χ2n) is 6.98. The maximum absolute atomic E-state index is 6.32. The summed E-state index contributed by atoms with van der Waals surface area (Å²) in [5.74, 6) is 0.906. The number of rotatable bonds is 3. The highest BCUT2D eigenvalue weighted by molar-refractivity contribution is 6.29. The zero-order valence-electron chi connectivity index (χ0n) is 14.1. The number of halogens is 1. The molecular formula is C17H20ClN7. The van der Waals surface area contributed by atoms with Crippen molar-refractivity contribution in [3.05, 3.63) is 29.9 Å². The second kappa shape index (κ2) is 5.71. The van der Waals surface area contributed by atoms with E-state index in [0.717, 1.165) is 55.3 Å². The summed E-state index contributed by atoms with van der Waals surface area (Å²) in [5, 5.41) is 5.19. The molecule has 5 heterocycles. The van der Waals surface area contributed by atoms with Crippen LogP contribution in [0, 0.1) is 0 Å². The summed E-state index contributed by atoms with van der Waals surface area (Å²) in [7, 11) is 2.15. The molecule has 0 bridgehead atoms. The molecule has 0 aliphatic carbocycles. The Kier molecular flexibility index (Phi) is 3.46. The van der Waals surface area contributed by atoms with Crippen molar-refractivity contribution in [2.24, 2.45) is 0 Å². The monoisotopic (exact) mass is 357 g/mol. The van der Waals surface area contributed by atoms with E-state index in [1.807, 2.05) is 16.8 Å². The fourth-order valence-corrected chi connectivity index (χ4v) is 3.80. The lowest BCUT2D eigenvalue weighted by Crippen LogP contribution is -2.38. The summed E-state index contributed by atoms with van der Waals surface area (Å²) in [6, 6.07) is 0.439. The molecule has 7 nitrogen and oxygen atoms in total. The van der Waals surface area contributed by atoms with Gasteiger partial charge in [0, 0.05) is 37.6 Å². The summed E-state index contributed by atoms with van der Waals surface area (Å²) in [5.41, 5.74) is 2.72. The topological polar surface area (TPSA) is 54.5 Å². The predicted octanol–water partition coefficient (Wildman–Crippen LogP) is 2.33. The van der Waals surface area contributed by atoms with Crippen molar-refractivity contribution >= 4 is 23.1 Å². The molecule has 0 unspecified atom stereocenters. The number of aromatic nitrogens is 5. The van der Waals surface area contributed by atoms with Crippen LogP contribution >= 0.6 is 11.6 Å². The van der Waals surface area contributed by atoms with Gasteiger partial charge in [-0.2, -0.15) is 5.10 Å². The summed E-state index contributed by atoms with van der Waals surface area (Å²) in [6.07, 6.45) is 9.97. The largest absolute Gasteiger partial charge is 0.353 e. The van der Waals surface area contributed by atoms with Crippen molar-refractivity contribution in [1.82, 2.24) is 29.0 Å². The normalized spacial score (nSPS) is 21.2. The average molecular weight is 358 g/mol. The van der Waals surface area contributed by atoms with Gasteiger partial charge in [-0.1, -0.05) is 11.6 Å². The average Bonchev–Trinajstić information content (AvgIpc) is 3.26. The number of likely N-dealkylation sites (N-methyl/N-ethyl adjacent to an activating group) is 1. The summed E-state index contributed by atoms with van der Waals surface area (Å²) in [4.78, 5) is 13.9. The number of hydrogen-bond acceptors (Lipinski definition) is 5. The van der Waals surface area contributed by atoms with E-state index < -0.39 is 0 Å². The van der Waals surface area contributed by atoms with Gasteiger partial charge in [-0.05, 0) is 26.4 Å². The molecule has 8 heteroatoms. The zero-order chi connectivity index (χ0) is 17.0. The Bertz CT molecular complexity index is 926. The molecule has 0 N–H and O–H groups in total. The van der Waals surface area contributed by atoms with Gasteiger partial charge in [0.2, 0.25) is 0 Å². The lowest BCUT2D eigenvalue weighted by molar-refractivity contribution is 0.382. The van der Waals surface area contributed by atoms with Crippen molar-refractivity contribution < 1.29 is 0 Å². The highest BCUT2D eigenvalue weighted by Crippen LogP contribution is 2.30. The van der Waals surface area contributed by atoms with Crippen LogP contribution in [0.15, 0.2) is 24.8 Å². The van der Waals surface area contributed by atoms with Crippen molar-refractivity contribution in [2.45, 2.75) is 18.9 Å². The third kappa shape index (κ3) is 2.49. The van der Waals surface area contributed by atoms with Crippen LogP contribution in [0.5, 0.6) is 0 Å². The third-order valence-electron chi connectivity index (χ3n) is 5.22. The summed E-state index contributed by atoms with van der Waals surface area (Å²) in [6.45, 7) is 4.20. The van der Waals surface area contributed by atoms with Gasteiger partial charge >= 0.3 is 0 Å². The van der Waals surface area contributed by atoms with Gasteiger partial charge in [0.1, 0.15) is 5.15 Å². The van der Waals surface area contributed by atoms with Crippen LogP contribution in [0.4, 0.5) is 5.82 Å². The SMILES string of the molecule is CN1CC[C@@H](n2cc(-c3cn4c(Cl)cnc4c(N4CCC4)n3)cn2)C1. The molecule has 2 fully saturated rings. The van der Waals surface area contributed by atoms with Crippen LogP contribution in [-0.2, 0) is 0 Å². The molecule has 0 spiro atoms. The first kappa shape index (κ1) is 15.2. The number of anilines is 1. The fourth-order valence-electron chi connectivity index (χ4n) is 3.62. The molecule has 1 atom stereocenters. The zero-order valence-corrected chi connectivity index (χ0v) is 14.9. The molecule has 0 amide bonds. The van der Waals surface area contributed by atoms with Crippen LogP contribution in [0.2, 0.25) is 5.15 Å². The van der Waals surface area contributed by atoms with Crippen molar-refractivity contribution in [2.75, 3.05) is 38.1 Å². The fraction of sp³-hybridized carbons (Fsp3) is 0.471. The minimum absolute atomic E-state index is 0.439. The Morgan fingerprint density at radius 3 is 2.76 bits per heavy atom. The van der Waals surface area contributed by atoms with E-state index in [1.54, 1.807) is 6.20 Å². The molecule has 0 aromatic carbocycles. The minimum Gasteiger partial charge on any atom is -0.353 e. The van der Waals surface area contributed by atoms with E-state index in [-0.39, 0.29) is 0 Å². The molecule has 0 saturated carbocycles. The Morgan fingerprint density at radius 2 is 2.04 bits per heavy atom. The van der Waals surface area contributed by atoms with E-state index in [1.165, 1.54) is 6.42 Å². The van der Waals surface area contributed by atoms with Gasteiger partial charge < -0.3 is 9.80 Å². The molecule has 3 aromatic rings. The highest BCUT2D eigenvalue weighted by Gasteiger charge is 2.24. The van der Waals surface area contributed by atoms with E-state index >= 15 is 0 Å². The summed E-state index contributed by atoms with van der Waals surface area (Å²) >= 11 is 6.32. The number of imidazole rings is 1. The maximum Gasteiger partial charge on any atom is 0.181 e. The highest BCUT2D eigenvalue weighted by atomic mass is 35.5. The standard InChI is InChI=1S/C17H20ClN7/c1-22-6-3-13(10-22)25-9-12(7-20-25)14-11-24-15(18)8-19-16(24)17(21-14)23-4-2-5-23/h7-9,11,13H,2-6,10H2,1H3/t13-/m1/s1. The predicted molar refractivity (Wildman–Crippen MR) is 97.2 cm³/mol. The maximum atomic E-state index is 6.32. The van der Waals surface area contributed by atoms with E-state index in [2.05, 4.69) is 37.8 Å². The molecule has 2 saturated heterocycles. The Hall–Kier alpha value is -2.12. The Morgan fingerprint density at radius 1 is 1.16 bits per heavy atom. The number of likely N-dealkylation sites (tertiary alicyclic amines) is 1. The molecule has 2 aliphatic rings. The lowest BCUT2D eigenvalue weighted by Gasteiger charge is -2.32. The first-order chi connectivity index (χ1) is 12.2. The lowest BCUT2D eigenvalue weighted by atomic mass is 10.2. The number of nitrogens with zero attached hydrogens (tertiary/aromatic N) is 7. The molecule has 0 radical (unpaired) electrons. The van der Waals surface area contributed by atoms with Gasteiger partial charge in [0.25, 0.3) is 0 Å². The van der Waals surface area contributed by atoms with Crippen LogP contribution in [0.25, 0.3) is 16.9 Å². The minimum atomic E-state index is 0.439. The molecule has 2 aliphatic heterocycles. The smallest absolute Gasteiger partial charge is 0.181 e. The second-order valence-corrected chi connectivity index (χ2v) is 7.37. The molecule has 25 heavy (non-hydrogen) atoms. The van der Waals surface area contributed by atoms with Crippen LogP contribution < -0.4 is 4.90 Å². The van der Waals surface area contributed by atoms with Gasteiger partial charge in [-0.15, -0.1) is 0 Å². The molecule has 130 valence electrons. The molecule has 3 aromatic heterocycles. The van der Waals surface area contributed by atoms with Gasteiger partial charge in [-0.25, -0.2) is 9.97 Å². The van der Waals surface area contributed by atoms with E-state index in [0.29, 0.717) is 11.2 Å². The van der Waals surface area contributed by atoms with Crippen LogP contribution in [0.3, 0.4) is 0 Å². The first-order valence-corrected chi connectivity index (χ1v) is 9.08. The molecule has 5 rings (SSSR count). The first-order valence-electron chi connectivity index (χ1n) is 8.70. The van der Waals surface area contributed by atoms with Gasteiger partial charge in [0.05, 0.1) is 24.1 Å². The van der Waals surface area contributed by atoms with Crippen LogP contribution in [0.1, 0.15) is 18.9 Å².